The molecule has 0 spiro atoms. The third-order valence-electron chi connectivity index (χ3n) is 5.17. The molecule has 0 bridgehead atoms. The lowest BCUT2D eigenvalue weighted by molar-refractivity contribution is 0.0762. The number of anilines is 1. The van der Waals surface area contributed by atoms with Crippen LogP contribution in [0.4, 0.5) is 5.69 Å². The fraction of sp³-hybridized carbons (Fsp3) is 0.545. The molecule has 2 N–H and O–H groups in total. The van der Waals surface area contributed by atoms with E-state index in [0.29, 0.717) is 30.9 Å². The quantitative estimate of drug-likeness (QED) is 0.680. The molecule has 10 heteroatoms. The fourth-order valence-electron chi connectivity index (χ4n) is 3.64. The van der Waals surface area contributed by atoms with Gasteiger partial charge in [-0.2, -0.15) is 5.10 Å². The van der Waals surface area contributed by atoms with Crippen molar-refractivity contribution < 1.29 is 13.2 Å². The summed E-state index contributed by atoms with van der Waals surface area (Å²) in [5.41, 5.74) is 1.25. The highest BCUT2D eigenvalue weighted by Gasteiger charge is 2.25. The van der Waals surface area contributed by atoms with Crippen LogP contribution < -0.4 is 10.0 Å². The van der Waals surface area contributed by atoms with Crippen molar-refractivity contribution in [1.82, 2.24) is 24.3 Å². The molecule has 2 aromatic rings. The smallest absolute Gasteiger partial charge is 0.254 e. The Morgan fingerprint density at radius 3 is 2.50 bits per heavy atom. The summed E-state index contributed by atoms with van der Waals surface area (Å²) < 4.78 is 30.5. The number of sulfonamides is 1. The number of nitrogens with one attached hydrogen (secondary N) is 2. The zero-order valence-electron chi connectivity index (χ0n) is 19.6. The Morgan fingerprint density at radius 2 is 1.84 bits per heavy atom. The maximum absolute atomic E-state index is 13.3. The highest BCUT2D eigenvalue weighted by atomic mass is 32.2. The van der Waals surface area contributed by atoms with Crippen LogP contribution in [-0.4, -0.2) is 72.7 Å². The number of hydrogen-bond acceptors (Lipinski definition) is 6. The van der Waals surface area contributed by atoms with Crippen molar-refractivity contribution in [3.05, 3.63) is 41.7 Å². The highest BCUT2D eigenvalue weighted by molar-refractivity contribution is 7.89. The first-order valence-electron chi connectivity index (χ1n) is 10.8. The average molecular weight is 463 g/mol. The first-order valence-corrected chi connectivity index (χ1v) is 12.3. The van der Waals surface area contributed by atoms with Crippen molar-refractivity contribution in [3.8, 4) is 0 Å². The van der Waals surface area contributed by atoms with Gasteiger partial charge < -0.3 is 15.1 Å². The number of aromatic nitrogens is 2. The van der Waals surface area contributed by atoms with Crippen molar-refractivity contribution in [1.29, 1.82) is 0 Å². The standard InChI is InChI=1S/C22H34N6O3S/c1-22(2,3)25-32(30,31)20-12-18(21(29)28-8-6-7-26(4)9-10-28)11-19(13-20)23-14-17-15-24-27(5)16-17/h11-13,15-16,23,25H,6-10,14H2,1-5H3. The third-order valence-corrected chi connectivity index (χ3v) is 6.90. The maximum atomic E-state index is 13.3. The molecule has 1 amide bonds. The second-order valence-electron chi connectivity index (χ2n) is 9.43. The van der Waals surface area contributed by atoms with Crippen LogP contribution in [0.1, 0.15) is 43.1 Å². The van der Waals surface area contributed by atoms with Gasteiger partial charge in [0.15, 0.2) is 0 Å². The molecule has 0 radical (unpaired) electrons. The van der Waals surface area contributed by atoms with Crippen LogP contribution >= 0.6 is 0 Å². The summed E-state index contributed by atoms with van der Waals surface area (Å²) in [6, 6.07) is 4.76. The summed E-state index contributed by atoms with van der Waals surface area (Å²) in [4.78, 5) is 17.4. The van der Waals surface area contributed by atoms with Gasteiger partial charge >= 0.3 is 0 Å². The Morgan fingerprint density at radius 1 is 1.09 bits per heavy atom. The maximum Gasteiger partial charge on any atom is 0.254 e. The largest absolute Gasteiger partial charge is 0.381 e. The van der Waals surface area contributed by atoms with Crippen LogP contribution in [0.5, 0.6) is 0 Å². The topological polar surface area (TPSA) is 99.6 Å². The van der Waals surface area contributed by atoms with Gasteiger partial charge in [0.2, 0.25) is 10.0 Å². The molecule has 1 aliphatic heterocycles. The van der Waals surface area contributed by atoms with E-state index >= 15 is 0 Å². The Bertz CT molecular complexity index is 1060. The number of nitrogens with zero attached hydrogens (tertiary/aromatic N) is 4. The van der Waals surface area contributed by atoms with Crippen LogP contribution in [0, 0.1) is 0 Å². The lowest BCUT2D eigenvalue weighted by Crippen LogP contribution is -2.40. The van der Waals surface area contributed by atoms with Crippen molar-refractivity contribution in [3.63, 3.8) is 0 Å². The second kappa shape index (κ2) is 9.60. The van der Waals surface area contributed by atoms with Gasteiger partial charge in [-0.05, 0) is 59.0 Å². The summed E-state index contributed by atoms with van der Waals surface area (Å²) in [5.74, 6) is -0.155. The lowest BCUT2D eigenvalue weighted by atomic mass is 10.1. The van der Waals surface area contributed by atoms with Gasteiger partial charge in [-0.1, -0.05) is 0 Å². The van der Waals surface area contributed by atoms with E-state index in [4.69, 9.17) is 0 Å². The number of carbonyl (C=O) groups is 1. The number of benzene rings is 1. The second-order valence-corrected chi connectivity index (χ2v) is 11.1. The normalized spacial score (nSPS) is 16.1. The Hall–Kier alpha value is -2.43. The zero-order valence-corrected chi connectivity index (χ0v) is 20.4. The number of hydrogen-bond donors (Lipinski definition) is 2. The van der Waals surface area contributed by atoms with Gasteiger partial charge in [0.1, 0.15) is 0 Å². The summed E-state index contributed by atoms with van der Waals surface area (Å²) >= 11 is 0. The molecule has 0 unspecified atom stereocenters. The molecule has 0 aliphatic carbocycles. The monoisotopic (exact) mass is 462 g/mol. The number of likely N-dealkylation sites (N-methyl/N-ethyl adjacent to an activating group) is 1. The first-order chi connectivity index (χ1) is 14.9. The molecular weight excluding hydrogens is 428 g/mol. The lowest BCUT2D eigenvalue weighted by Gasteiger charge is -2.23. The minimum absolute atomic E-state index is 0.0684. The zero-order chi connectivity index (χ0) is 23.5. The van der Waals surface area contributed by atoms with E-state index in [1.54, 1.807) is 48.7 Å². The molecule has 1 aliphatic rings. The minimum Gasteiger partial charge on any atom is -0.381 e. The predicted octanol–water partition coefficient (Wildman–Crippen LogP) is 1.89. The van der Waals surface area contributed by atoms with E-state index in [1.165, 1.54) is 6.07 Å². The third kappa shape index (κ3) is 6.54. The van der Waals surface area contributed by atoms with Crippen LogP contribution in [0.2, 0.25) is 0 Å². The highest BCUT2D eigenvalue weighted by Crippen LogP contribution is 2.23. The van der Waals surface area contributed by atoms with Crippen LogP contribution in [0.3, 0.4) is 0 Å². The number of aryl methyl sites for hydroxylation is 1. The molecule has 1 fully saturated rings. The summed E-state index contributed by atoms with van der Waals surface area (Å²) in [5, 5.41) is 7.40. The number of carbonyl (C=O) groups excluding carboxylic acids is 1. The van der Waals surface area contributed by atoms with Gasteiger partial charge in [-0.15, -0.1) is 0 Å². The Kier molecular flexibility index (Phi) is 7.26. The molecule has 1 aromatic heterocycles. The number of amides is 1. The SMILES string of the molecule is CN1CCCN(C(=O)c2cc(NCc3cnn(C)c3)cc(S(=O)(=O)NC(C)(C)C)c2)CC1. The van der Waals surface area contributed by atoms with Gasteiger partial charge in [0.05, 0.1) is 11.1 Å². The molecule has 1 saturated heterocycles. The van der Waals surface area contributed by atoms with Crippen molar-refractivity contribution >= 4 is 21.6 Å². The van der Waals surface area contributed by atoms with Gasteiger partial charge in [-0.3, -0.25) is 9.48 Å². The van der Waals surface area contributed by atoms with Crippen LogP contribution in [-0.2, 0) is 23.6 Å². The fourth-order valence-corrected chi connectivity index (χ4v) is 5.13. The van der Waals surface area contributed by atoms with Crippen molar-refractivity contribution in [2.24, 2.45) is 7.05 Å². The molecule has 9 nitrogen and oxygen atoms in total. The first kappa shape index (κ1) is 24.2. The van der Waals surface area contributed by atoms with Gasteiger partial charge in [0, 0.05) is 61.8 Å². The Balaban J connectivity index is 1.92. The molecule has 176 valence electrons. The van der Waals surface area contributed by atoms with E-state index in [1.807, 2.05) is 20.3 Å². The predicted molar refractivity (Wildman–Crippen MR) is 125 cm³/mol. The van der Waals surface area contributed by atoms with Gasteiger partial charge in [0.25, 0.3) is 5.91 Å². The minimum atomic E-state index is -3.81. The van der Waals surface area contributed by atoms with E-state index in [-0.39, 0.29) is 10.8 Å². The van der Waals surface area contributed by atoms with Crippen LogP contribution in [0.15, 0.2) is 35.5 Å². The van der Waals surface area contributed by atoms with E-state index in [0.717, 1.165) is 25.1 Å². The molecule has 1 aromatic carbocycles. The van der Waals surface area contributed by atoms with Crippen LogP contribution in [0.25, 0.3) is 0 Å². The molecular formula is C22H34N6O3S. The molecule has 32 heavy (non-hydrogen) atoms. The average Bonchev–Trinajstić information content (AvgIpc) is 2.99. The number of rotatable bonds is 6. The molecule has 0 saturated carbocycles. The van der Waals surface area contributed by atoms with E-state index in [9.17, 15) is 13.2 Å². The van der Waals surface area contributed by atoms with Gasteiger partial charge in [-0.25, -0.2) is 13.1 Å². The summed E-state index contributed by atoms with van der Waals surface area (Å²) in [6.07, 6.45) is 4.51. The molecule has 3 rings (SSSR count). The van der Waals surface area contributed by atoms with E-state index in [2.05, 4.69) is 20.0 Å². The summed E-state index contributed by atoms with van der Waals surface area (Å²) in [7, 11) is 0.0716. The van der Waals surface area contributed by atoms with Crippen molar-refractivity contribution in [2.75, 3.05) is 38.5 Å². The molecule has 2 heterocycles. The Labute approximate surface area is 190 Å². The van der Waals surface area contributed by atoms with E-state index < -0.39 is 15.6 Å². The summed E-state index contributed by atoms with van der Waals surface area (Å²) in [6.45, 7) is 8.82. The van der Waals surface area contributed by atoms with Crippen molar-refractivity contribution in [2.45, 2.75) is 44.2 Å². The molecule has 0 atom stereocenters.